The molecule has 25 heavy (non-hydrogen) atoms. The van der Waals surface area contributed by atoms with Crippen LogP contribution in [0.3, 0.4) is 0 Å². The van der Waals surface area contributed by atoms with E-state index in [2.05, 4.69) is 10.5 Å². The number of carbonyl (C=O) groups excluding carboxylic acids is 1. The Kier molecular flexibility index (Phi) is 6.32. The molecule has 2 aromatic rings. The summed E-state index contributed by atoms with van der Waals surface area (Å²) in [6, 6.07) is 9.46. The number of rotatable bonds is 6. The fraction of sp³-hybridized carbons (Fsp3) is 0.125. The van der Waals surface area contributed by atoms with Crippen LogP contribution < -0.4 is 10.2 Å². The molecule has 0 saturated carbocycles. The molecule has 0 aliphatic heterocycles. The second-order valence-corrected chi connectivity index (χ2v) is 5.74. The van der Waals surface area contributed by atoms with E-state index in [0.29, 0.717) is 21.2 Å². The molecule has 2 rings (SSSR count). The SMILES string of the molecule is Cc1ccc(OCC(=O)N/N=C/c2cccc(Cl)c2Cl)c([N+](=O)[O-])c1. The van der Waals surface area contributed by atoms with E-state index in [1.54, 1.807) is 31.2 Å². The number of aryl methyl sites for hydroxylation is 1. The Morgan fingerprint density at radius 1 is 1.36 bits per heavy atom. The van der Waals surface area contributed by atoms with Crippen LogP contribution in [-0.2, 0) is 4.79 Å². The predicted octanol–water partition coefficient (Wildman–Crippen LogP) is 3.74. The maximum absolute atomic E-state index is 11.7. The van der Waals surface area contributed by atoms with Gasteiger partial charge in [0.1, 0.15) is 0 Å². The number of nitro groups is 1. The van der Waals surface area contributed by atoms with Crippen molar-refractivity contribution in [3.63, 3.8) is 0 Å². The molecule has 7 nitrogen and oxygen atoms in total. The Labute approximate surface area is 153 Å². The first kappa shape index (κ1) is 18.7. The number of hydrogen-bond acceptors (Lipinski definition) is 5. The summed E-state index contributed by atoms with van der Waals surface area (Å²) >= 11 is 11.9. The highest BCUT2D eigenvalue weighted by Crippen LogP contribution is 2.27. The van der Waals surface area contributed by atoms with Crippen LogP contribution >= 0.6 is 23.2 Å². The number of nitrogens with zero attached hydrogens (tertiary/aromatic N) is 2. The molecule has 0 unspecified atom stereocenters. The third-order valence-corrected chi connectivity index (χ3v) is 3.88. The van der Waals surface area contributed by atoms with Crippen molar-refractivity contribution in [2.45, 2.75) is 6.92 Å². The van der Waals surface area contributed by atoms with Crippen LogP contribution in [0.2, 0.25) is 10.0 Å². The molecule has 0 atom stereocenters. The minimum Gasteiger partial charge on any atom is -0.477 e. The molecule has 1 N–H and O–H groups in total. The van der Waals surface area contributed by atoms with Crippen LogP contribution in [0.25, 0.3) is 0 Å². The first-order valence-electron chi connectivity index (χ1n) is 7.02. The Bertz CT molecular complexity index is 840. The van der Waals surface area contributed by atoms with Crippen molar-refractivity contribution in [2.24, 2.45) is 5.10 Å². The van der Waals surface area contributed by atoms with Crippen LogP contribution in [0, 0.1) is 17.0 Å². The number of nitro benzene ring substituents is 1. The Morgan fingerprint density at radius 3 is 2.84 bits per heavy atom. The van der Waals surface area contributed by atoms with Gasteiger partial charge < -0.3 is 4.74 Å². The maximum atomic E-state index is 11.7. The lowest BCUT2D eigenvalue weighted by molar-refractivity contribution is -0.385. The molecule has 0 bridgehead atoms. The van der Waals surface area contributed by atoms with Gasteiger partial charge in [-0.05, 0) is 24.6 Å². The van der Waals surface area contributed by atoms with E-state index in [9.17, 15) is 14.9 Å². The minimum atomic E-state index is -0.579. The van der Waals surface area contributed by atoms with Crippen LogP contribution in [0.5, 0.6) is 5.75 Å². The predicted molar refractivity (Wildman–Crippen MR) is 95.5 cm³/mol. The summed E-state index contributed by atoms with van der Waals surface area (Å²) in [5.74, 6) is -0.572. The molecule has 9 heteroatoms. The number of carbonyl (C=O) groups is 1. The fourth-order valence-corrected chi connectivity index (χ4v) is 2.22. The van der Waals surface area contributed by atoms with Gasteiger partial charge in [0.25, 0.3) is 5.91 Å². The summed E-state index contributed by atoms with van der Waals surface area (Å²) in [5, 5.41) is 15.4. The molecule has 0 aliphatic carbocycles. The van der Waals surface area contributed by atoms with Gasteiger partial charge in [0.2, 0.25) is 0 Å². The number of hydrogen-bond donors (Lipinski definition) is 1. The Hall–Kier alpha value is -2.64. The lowest BCUT2D eigenvalue weighted by Gasteiger charge is -2.06. The van der Waals surface area contributed by atoms with Crippen molar-refractivity contribution in [3.8, 4) is 5.75 Å². The summed E-state index contributed by atoms with van der Waals surface area (Å²) in [6.07, 6.45) is 1.33. The largest absolute Gasteiger partial charge is 0.477 e. The molecule has 0 fully saturated rings. The van der Waals surface area contributed by atoms with Gasteiger partial charge >= 0.3 is 5.69 Å². The molecule has 0 saturated heterocycles. The van der Waals surface area contributed by atoms with Gasteiger partial charge in [0, 0.05) is 11.6 Å². The van der Waals surface area contributed by atoms with E-state index in [1.165, 1.54) is 18.3 Å². The standard InChI is InChI=1S/C16H13Cl2N3O4/c1-10-5-6-14(13(7-10)21(23)24)25-9-15(22)20-19-8-11-3-2-4-12(17)16(11)18/h2-8H,9H2,1H3,(H,20,22)/b19-8+. The van der Waals surface area contributed by atoms with Crippen molar-refractivity contribution in [1.29, 1.82) is 0 Å². The highest BCUT2D eigenvalue weighted by Gasteiger charge is 2.16. The number of hydrazone groups is 1. The number of nitrogens with one attached hydrogen (secondary N) is 1. The van der Waals surface area contributed by atoms with E-state index in [0.717, 1.165) is 0 Å². The van der Waals surface area contributed by atoms with Crippen molar-refractivity contribution < 1.29 is 14.5 Å². The molecular weight excluding hydrogens is 369 g/mol. The summed E-state index contributed by atoms with van der Waals surface area (Å²) in [7, 11) is 0. The molecule has 0 spiro atoms. The van der Waals surface area contributed by atoms with E-state index in [-0.39, 0.29) is 11.4 Å². The lowest BCUT2D eigenvalue weighted by Crippen LogP contribution is -2.24. The van der Waals surface area contributed by atoms with Gasteiger partial charge in [-0.15, -0.1) is 0 Å². The van der Waals surface area contributed by atoms with Gasteiger partial charge in [0.05, 0.1) is 21.2 Å². The third-order valence-electron chi connectivity index (χ3n) is 3.04. The zero-order valence-electron chi connectivity index (χ0n) is 13.0. The second kappa shape index (κ2) is 8.46. The van der Waals surface area contributed by atoms with Gasteiger partial charge in [-0.25, -0.2) is 5.43 Å². The fourth-order valence-electron chi connectivity index (χ4n) is 1.86. The quantitative estimate of drug-likeness (QED) is 0.468. The summed E-state index contributed by atoms with van der Waals surface area (Å²) in [6.45, 7) is 1.30. The summed E-state index contributed by atoms with van der Waals surface area (Å²) in [4.78, 5) is 22.1. The second-order valence-electron chi connectivity index (χ2n) is 4.95. The van der Waals surface area contributed by atoms with Crippen molar-refractivity contribution >= 4 is 41.0 Å². The normalized spacial score (nSPS) is 10.7. The van der Waals surface area contributed by atoms with Crippen LogP contribution in [0.4, 0.5) is 5.69 Å². The average Bonchev–Trinajstić information content (AvgIpc) is 2.57. The number of halogens is 2. The van der Waals surface area contributed by atoms with Crippen LogP contribution in [-0.4, -0.2) is 23.7 Å². The topological polar surface area (TPSA) is 93.8 Å². The molecule has 0 aliphatic rings. The number of ether oxygens (including phenoxy) is 1. The molecular formula is C16H13Cl2N3O4. The molecule has 0 aromatic heterocycles. The van der Waals surface area contributed by atoms with Crippen molar-refractivity contribution in [1.82, 2.24) is 5.43 Å². The highest BCUT2D eigenvalue weighted by atomic mass is 35.5. The zero-order chi connectivity index (χ0) is 18.4. The van der Waals surface area contributed by atoms with Crippen LogP contribution in [0.15, 0.2) is 41.5 Å². The zero-order valence-corrected chi connectivity index (χ0v) is 14.5. The third kappa shape index (κ3) is 5.17. The molecule has 0 heterocycles. The maximum Gasteiger partial charge on any atom is 0.311 e. The Morgan fingerprint density at radius 2 is 2.12 bits per heavy atom. The minimum absolute atomic E-state index is 0.00705. The Balaban J connectivity index is 1.94. The summed E-state index contributed by atoms with van der Waals surface area (Å²) < 4.78 is 5.19. The first-order valence-corrected chi connectivity index (χ1v) is 7.78. The van der Waals surface area contributed by atoms with Crippen molar-refractivity contribution in [3.05, 3.63) is 67.7 Å². The van der Waals surface area contributed by atoms with Crippen molar-refractivity contribution in [2.75, 3.05) is 6.61 Å². The number of amides is 1. The van der Waals surface area contributed by atoms with Crippen LogP contribution in [0.1, 0.15) is 11.1 Å². The van der Waals surface area contributed by atoms with E-state index in [1.807, 2.05) is 0 Å². The van der Waals surface area contributed by atoms with Gasteiger partial charge in [-0.1, -0.05) is 41.4 Å². The van der Waals surface area contributed by atoms with Gasteiger partial charge in [0.15, 0.2) is 12.4 Å². The number of benzene rings is 2. The van der Waals surface area contributed by atoms with E-state index >= 15 is 0 Å². The summed E-state index contributed by atoms with van der Waals surface area (Å²) in [5.41, 5.74) is 3.28. The molecule has 2 aromatic carbocycles. The highest BCUT2D eigenvalue weighted by molar-refractivity contribution is 6.43. The van der Waals surface area contributed by atoms with E-state index < -0.39 is 17.4 Å². The van der Waals surface area contributed by atoms with Gasteiger partial charge in [-0.3, -0.25) is 14.9 Å². The smallest absolute Gasteiger partial charge is 0.311 e. The monoisotopic (exact) mass is 381 g/mol. The van der Waals surface area contributed by atoms with Gasteiger partial charge in [-0.2, -0.15) is 5.10 Å². The average molecular weight is 382 g/mol. The molecule has 1 amide bonds. The molecule has 0 radical (unpaired) electrons. The molecule has 130 valence electrons. The lowest BCUT2D eigenvalue weighted by atomic mass is 10.2. The first-order chi connectivity index (χ1) is 11.9. The van der Waals surface area contributed by atoms with E-state index in [4.69, 9.17) is 27.9 Å².